The van der Waals surface area contributed by atoms with Gasteiger partial charge < -0.3 is 15.6 Å². The largest absolute Gasteiger partial charge is 0.356 e. The first-order valence-electron chi connectivity index (χ1n) is 6.08. The number of amides is 1. The predicted octanol–water partition coefficient (Wildman–Crippen LogP) is 0.596. The first-order chi connectivity index (χ1) is 8.09. The van der Waals surface area contributed by atoms with Gasteiger partial charge in [0, 0.05) is 44.9 Å². The standard InChI is InChI=1S/C12H22N4O/c1-10(13)4-3-5-12(17)15-7-6-11-14-8-9-16(11)2/h8-10H,3-7,13H2,1-2H3,(H,15,17). The first-order valence-corrected chi connectivity index (χ1v) is 6.08. The maximum absolute atomic E-state index is 11.5. The highest BCUT2D eigenvalue weighted by molar-refractivity contribution is 5.75. The van der Waals surface area contributed by atoms with E-state index >= 15 is 0 Å². The van der Waals surface area contributed by atoms with Crippen LogP contribution in [-0.2, 0) is 18.3 Å². The fraction of sp³-hybridized carbons (Fsp3) is 0.667. The lowest BCUT2D eigenvalue weighted by Crippen LogP contribution is -2.26. The fourth-order valence-corrected chi connectivity index (χ4v) is 1.62. The summed E-state index contributed by atoms with van der Waals surface area (Å²) in [5.74, 6) is 1.08. The van der Waals surface area contributed by atoms with Crippen LogP contribution in [0.15, 0.2) is 12.4 Å². The molecule has 5 heteroatoms. The van der Waals surface area contributed by atoms with E-state index in [1.54, 1.807) is 6.20 Å². The van der Waals surface area contributed by atoms with Crippen molar-refractivity contribution in [1.29, 1.82) is 0 Å². The van der Waals surface area contributed by atoms with Crippen molar-refractivity contribution < 1.29 is 4.79 Å². The molecule has 1 aromatic rings. The number of nitrogens with two attached hydrogens (primary N) is 1. The molecule has 5 nitrogen and oxygen atoms in total. The summed E-state index contributed by atoms with van der Waals surface area (Å²) in [6, 6.07) is 0.176. The van der Waals surface area contributed by atoms with Crippen molar-refractivity contribution in [3.8, 4) is 0 Å². The van der Waals surface area contributed by atoms with Gasteiger partial charge in [-0.3, -0.25) is 4.79 Å². The number of nitrogens with one attached hydrogen (secondary N) is 1. The van der Waals surface area contributed by atoms with Gasteiger partial charge in [-0.25, -0.2) is 4.98 Å². The molecule has 1 atom stereocenters. The van der Waals surface area contributed by atoms with E-state index < -0.39 is 0 Å². The third kappa shape index (κ3) is 5.49. The number of carbonyl (C=O) groups excluding carboxylic acids is 1. The zero-order valence-electron chi connectivity index (χ0n) is 10.6. The van der Waals surface area contributed by atoms with Crippen molar-refractivity contribution in [3.63, 3.8) is 0 Å². The van der Waals surface area contributed by atoms with Gasteiger partial charge in [-0.15, -0.1) is 0 Å². The van der Waals surface area contributed by atoms with Crippen molar-refractivity contribution in [3.05, 3.63) is 18.2 Å². The molecule has 0 radical (unpaired) electrons. The Morgan fingerprint density at radius 3 is 3.00 bits per heavy atom. The van der Waals surface area contributed by atoms with E-state index in [2.05, 4.69) is 10.3 Å². The number of rotatable bonds is 7. The van der Waals surface area contributed by atoms with E-state index in [4.69, 9.17) is 5.73 Å². The molecule has 0 aliphatic carbocycles. The molecule has 0 saturated heterocycles. The van der Waals surface area contributed by atoms with Gasteiger partial charge in [0.05, 0.1) is 0 Å². The number of aromatic nitrogens is 2. The summed E-state index contributed by atoms with van der Waals surface area (Å²) in [6.45, 7) is 2.60. The van der Waals surface area contributed by atoms with E-state index in [0.29, 0.717) is 13.0 Å². The summed E-state index contributed by atoms with van der Waals surface area (Å²) in [4.78, 5) is 15.7. The third-order valence-corrected chi connectivity index (χ3v) is 2.66. The maximum atomic E-state index is 11.5. The second-order valence-electron chi connectivity index (χ2n) is 4.42. The van der Waals surface area contributed by atoms with Gasteiger partial charge in [0.25, 0.3) is 0 Å². The molecule has 0 saturated carbocycles. The Morgan fingerprint density at radius 2 is 2.41 bits per heavy atom. The number of imidazole rings is 1. The number of hydrogen-bond acceptors (Lipinski definition) is 3. The Kier molecular flexibility index (Phi) is 5.69. The number of hydrogen-bond donors (Lipinski definition) is 2. The van der Waals surface area contributed by atoms with Crippen LogP contribution in [-0.4, -0.2) is 28.0 Å². The highest BCUT2D eigenvalue weighted by atomic mass is 16.1. The van der Waals surface area contributed by atoms with E-state index in [1.807, 2.05) is 24.7 Å². The molecule has 96 valence electrons. The van der Waals surface area contributed by atoms with Crippen LogP contribution in [0.3, 0.4) is 0 Å². The summed E-state index contributed by atoms with van der Waals surface area (Å²) < 4.78 is 1.96. The van der Waals surface area contributed by atoms with E-state index in [0.717, 1.165) is 25.1 Å². The lowest BCUT2D eigenvalue weighted by Gasteiger charge is -2.06. The van der Waals surface area contributed by atoms with Crippen LogP contribution in [0.25, 0.3) is 0 Å². The van der Waals surface area contributed by atoms with Gasteiger partial charge in [0.15, 0.2) is 0 Å². The molecule has 0 aliphatic heterocycles. The van der Waals surface area contributed by atoms with Crippen molar-refractivity contribution in [2.45, 2.75) is 38.6 Å². The summed E-state index contributed by atoms with van der Waals surface area (Å²) in [5, 5.41) is 2.89. The Balaban J connectivity index is 2.10. The van der Waals surface area contributed by atoms with Gasteiger partial charge in [0.2, 0.25) is 5.91 Å². The Morgan fingerprint density at radius 1 is 1.65 bits per heavy atom. The molecule has 3 N–H and O–H groups in total. The van der Waals surface area contributed by atoms with Gasteiger partial charge in [-0.1, -0.05) is 0 Å². The summed E-state index contributed by atoms with van der Waals surface area (Å²) in [7, 11) is 1.95. The van der Waals surface area contributed by atoms with Gasteiger partial charge in [-0.2, -0.15) is 0 Å². The monoisotopic (exact) mass is 238 g/mol. The lowest BCUT2D eigenvalue weighted by molar-refractivity contribution is -0.121. The topological polar surface area (TPSA) is 72.9 Å². The molecule has 1 rings (SSSR count). The van der Waals surface area contributed by atoms with Crippen LogP contribution in [0.5, 0.6) is 0 Å². The molecule has 0 bridgehead atoms. The van der Waals surface area contributed by atoms with Crippen molar-refractivity contribution in [1.82, 2.24) is 14.9 Å². The minimum atomic E-state index is 0.0971. The molecule has 1 aromatic heterocycles. The smallest absolute Gasteiger partial charge is 0.220 e. The quantitative estimate of drug-likeness (QED) is 0.730. The van der Waals surface area contributed by atoms with E-state index in [-0.39, 0.29) is 11.9 Å². The van der Waals surface area contributed by atoms with Crippen LogP contribution < -0.4 is 11.1 Å². The van der Waals surface area contributed by atoms with Crippen molar-refractivity contribution in [2.24, 2.45) is 12.8 Å². The van der Waals surface area contributed by atoms with Crippen LogP contribution in [0.4, 0.5) is 0 Å². The fourth-order valence-electron chi connectivity index (χ4n) is 1.62. The molecule has 0 aliphatic rings. The molecule has 1 unspecified atom stereocenters. The SMILES string of the molecule is CC(N)CCCC(=O)NCCc1nccn1C. The Hall–Kier alpha value is -1.36. The minimum absolute atomic E-state index is 0.0971. The van der Waals surface area contributed by atoms with Gasteiger partial charge in [0.1, 0.15) is 5.82 Å². The Bertz CT molecular complexity index is 346. The second kappa shape index (κ2) is 7.06. The van der Waals surface area contributed by atoms with Crippen LogP contribution in [0.1, 0.15) is 32.0 Å². The molecule has 17 heavy (non-hydrogen) atoms. The predicted molar refractivity (Wildman–Crippen MR) is 67.4 cm³/mol. The highest BCUT2D eigenvalue weighted by Gasteiger charge is 2.03. The third-order valence-electron chi connectivity index (χ3n) is 2.66. The molecule has 1 heterocycles. The van der Waals surface area contributed by atoms with E-state index in [9.17, 15) is 4.79 Å². The van der Waals surface area contributed by atoms with Crippen molar-refractivity contribution >= 4 is 5.91 Å². The Labute approximate surface area is 102 Å². The zero-order chi connectivity index (χ0) is 12.7. The highest BCUT2D eigenvalue weighted by Crippen LogP contribution is 1.98. The van der Waals surface area contributed by atoms with Crippen LogP contribution in [0, 0.1) is 0 Å². The van der Waals surface area contributed by atoms with Crippen LogP contribution >= 0.6 is 0 Å². The molecular formula is C12H22N4O. The summed E-state index contributed by atoms with van der Waals surface area (Å²) >= 11 is 0. The summed E-state index contributed by atoms with van der Waals surface area (Å²) in [6.07, 6.45) is 6.74. The lowest BCUT2D eigenvalue weighted by atomic mass is 10.1. The molecular weight excluding hydrogens is 216 g/mol. The number of nitrogens with zero attached hydrogens (tertiary/aromatic N) is 2. The second-order valence-corrected chi connectivity index (χ2v) is 4.42. The number of carbonyl (C=O) groups is 1. The average molecular weight is 238 g/mol. The minimum Gasteiger partial charge on any atom is -0.356 e. The molecule has 0 fully saturated rings. The number of aryl methyl sites for hydroxylation is 1. The van der Waals surface area contributed by atoms with E-state index in [1.165, 1.54) is 0 Å². The van der Waals surface area contributed by atoms with Crippen LogP contribution in [0.2, 0.25) is 0 Å². The van der Waals surface area contributed by atoms with Gasteiger partial charge in [-0.05, 0) is 19.8 Å². The normalized spacial score (nSPS) is 12.4. The molecule has 0 spiro atoms. The first kappa shape index (κ1) is 13.7. The van der Waals surface area contributed by atoms with Gasteiger partial charge >= 0.3 is 0 Å². The molecule has 1 amide bonds. The zero-order valence-corrected chi connectivity index (χ0v) is 10.6. The average Bonchev–Trinajstić information content (AvgIpc) is 2.64. The summed E-state index contributed by atoms with van der Waals surface area (Å²) in [5.41, 5.74) is 5.62. The molecule has 0 aromatic carbocycles. The maximum Gasteiger partial charge on any atom is 0.220 e. The van der Waals surface area contributed by atoms with Crippen molar-refractivity contribution in [2.75, 3.05) is 6.54 Å².